The Morgan fingerprint density at radius 2 is 2.22 bits per heavy atom. The molecule has 0 aliphatic rings. The minimum atomic E-state index is 0.656. The molecule has 0 aliphatic heterocycles. The Hall–Kier alpha value is -1.53. The number of hydrogen-bond acceptors (Lipinski definition) is 6. The van der Waals surface area contributed by atoms with Crippen molar-refractivity contribution in [2.45, 2.75) is 13.8 Å². The van der Waals surface area contributed by atoms with Gasteiger partial charge in [-0.15, -0.1) is 24.0 Å². The first-order valence-corrected chi connectivity index (χ1v) is 6.70. The van der Waals surface area contributed by atoms with Crippen LogP contribution in [0, 0.1) is 6.92 Å². The maximum Gasteiger partial charge on any atom is 0.188 e. The molecular formula is C12H14N4S2. The SMILES string of the molecule is C/C(N)=C(/S)c1csc(Nc2ccc(C)cn2)n1. The average molecular weight is 278 g/mol. The smallest absolute Gasteiger partial charge is 0.188 e. The summed E-state index contributed by atoms with van der Waals surface area (Å²) in [6.45, 7) is 3.80. The van der Waals surface area contributed by atoms with Crippen LogP contribution in [0.25, 0.3) is 4.91 Å². The van der Waals surface area contributed by atoms with Crippen LogP contribution in [0.15, 0.2) is 29.4 Å². The lowest BCUT2D eigenvalue weighted by Crippen LogP contribution is -1.95. The molecule has 0 aliphatic carbocycles. The van der Waals surface area contributed by atoms with Crippen molar-refractivity contribution in [3.63, 3.8) is 0 Å². The Kier molecular flexibility index (Phi) is 3.88. The van der Waals surface area contributed by atoms with E-state index in [0.29, 0.717) is 10.6 Å². The fraction of sp³-hybridized carbons (Fsp3) is 0.167. The van der Waals surface area contributed by atoms with E-state index < -0.39 is 0 Å². The Bertz CT molecular complexity index is 568. The number of nitrogens with zero attached hydrogens (tertiary/aromatic N) is 2. The number of nitrogens with two attached hydrogens (primary N) is 1. The van der Waals surface area contributed by atoms with E-state index in [1.165, 1.54) is 11.3 Å². The molecule has 3 N–H and O–H groups in total. The van der Waals surface area contributed by atoms with E-state index in [4.69, 9.17) is 5.73 Å². The Balaban J connectivity index is 2.16. The summed E-state index contributed by atoms with van der Waals surface area (Å²) in [6.07, 6.45) is 1.81. The number of pyridine rings is 1. The number of aryl methyl sites for hydroxylation is 1. The van der Waals surface area contributed by atoms with E-state index in [9.17, 15) is 0 Å². The third kappa shape index (κ3) is 3.02. The van der Waals surface area contributed by atoms with Crippen molar-refractivity contribution < 1.29 is 0 Å². The average Bonchev–Trinajstić information content (AvgIpc) is 2.79. The maximum atomic E-state index is 5.68. The second kappa shape index (κ2) is 5.41. The normalized spacial score (nSPS) is 12.2. The number of rotatable bonds is 3. The van der Waals surface area contributed by atoms with Gasteiger partial charge in [-0.25, -0.2) is 9.97 Å². The molecule has 0 saturated carbocycles. The van der Waals surface area contributed by atoms with Crippen molar-refractivity contribution in [1.82, 2.24) is 9.97 Å². The van der Waals surface area contributed by atoms with Crippen molar-refractivity contribution in [2.75, 3.05) is 5.32 Å². The summed E-state index contributed by atoms with van der Waals surface area (Å²) in [6, 6.07) is 3.92. The molecule has 2 rings (SSSR count). The highest BCUT2D eigenvalue weighted by Crippen LogP contribution is 2.26. The number of thiazole rings is 1. The molecule has 4 nitrogen and oxygen atoms in total. The first-order valence-electron chi connectivity index (χ1n) is 5.37. The maximum absolute atomic E-state index is 5.68. The molecule has 0 aromatic carbocycles. The van der Waals surface area contributed by atoms with Gasteiger partial charge in [-0.3, -0.25) is 0 Å². The van der Waals surface area contributed by atoms with Crippen molar-refractivity contribution in [1.29, 1.82) is 0 Å². The van der Waals surface area contributed by atoms with Gasteiger partial charge in [0.1, 0.15) is 5.82 Å². The van der Waals surface area contributed by atoms with Gasteiger partial charge in [0.15, 0.2) is 5.13 Å². The zero-order chi connectivity index (χ0) is 13.1. The van der Waals surface area contributed by atoms with Crippen LogP contribution >= 0.6 is 24.0 Å². The Morgan fingerprint density at radius 1 is 1.44 bits per heavy atom. The molecule has 0 spiro atoms. The molecule has 94 valence electrons. The van der Waals surface area contributed by atoms with Crippen molar-refractivity contribution in [3.05, 3.63) is 40.7 Å². The second-order valence-electron chi connectivity index (χ2n) is 3.92. The number of aromatic nitrogens is 2. The number of allylic oxidation sites excluding steroid dienone is 1. The minimum Gasteiger partial charge on any atom is -0.401 e. The molecule has 2 heterocycles. The fourth-order valence-corrected chi connectivity index (χ4v) is 2.20. The number of thiol groups is 1. The van der Waals surface area contributed by atoms with E-state index in [0.717, 1.165) is 22.2 Å². The predicted molar refractivity (Wildman–Crippen MR) is 80.1 cm³/mol. The summed E-state index contributed by atoms with van der Waals surface area (Å²) in [5.41, 5.74) is 8.24. The molecule has 0 radical (unpaired) electrons. The summed E-state index contributed by atoms with van der Waals surface area (Å²) < 4.78 is 0. The van der Waals surface area contributed by atoms with Gasteiger partial charge in [-0.1, -0.05) is 6.07 Å². The molecule has 18 heavy (non-hydrogen) atoms. The van der Waals surface area contributed by atoms with Crippen LogP contribution in [0.4, 0.5) is 10.9 Å². The summed E-state index contributed by atoms with van der Waals surface area (Å²) in [7, 11) is 0. The molecule has 0 bridgehead atoms. The standard InChI is InChI=1S/C12H14N4S2/c1-7-3-4-10(14-5-7)16-12-15-9(6-18-12)11(17)8(2)13/h3-6,17H,13H2,1-2H3,(H,14,15,16)/b11-8-. The van der Waals surface area contributed by atoms with E-state index in [1.807, 2.05) is 30.6 Å². The molecule has 0 amide bonds. The van der Waals surface area contributed by atoms with Gasteiger partial charge in [0.05, 0.1) is 5.69 Å². The molecule has 0 unspecified atom stereocenters. The highest BCUT2D eigenvalue weighted by molar-refractivity contribution is 7.90. The molecule has 2 aromatic rings. The second-order valence-corrected chi connectivity index (χ2v) is 5.22. The topological polar surface area (TPSA) is 63.8 Å². The van der Waals surface area contributed by atoms with Crippen molar-refractivity contribution in [2.24, 2.45) is 5.73 Å². The molecule has 0 fully saturated rings. The van der Waals surface area contributed by atoms with Crippen LogP contribution in [0.3, 0.4) is 0 Å². The molecule has 0 atom stereocenters. The minimum absolute atomic E-state index is 0.656. The van der Waals surface area contributed by atoms with Gasteiger partial charge in [-0.2, -0.15) is 0 Å². The van der Waals surface area contributed by atoms with Crippen LogP contribution in [0.5, 0.6) is 0 Å². The number of anilines is 2. The lowest BCUT2D eigenvalue weighted by Gasteiger charge is -2.01. The zero-order valence-corrected chi connectivity index (χ0v) is 11.8. The number of hydrogen-bond donors (Lipinski definition) is 3. The number of nitrogens with one attached hydrogen (secondary N) is 1. The molecule has 0 saturated heterocycles. The van der Waals surface area contributed by atoms with Crippen LogP contribution in [0.2, 0.25) is 0 Å². The first-order chi connectivity index (χ1) is 8.56. The van der Waals surface area contributed by atoms with Gasteiger partial charge >= 0.3 is 0 Å². The molecular weight excluding hydrogens is 264 g/mol. The van der Waals surface area contributed by atoms with Gasteiger partial charge in [-0.05, 0) is 25.5 Å². The first kappa shape index (κ1) is 12.9. The van der Waals surface area contributed by atoms with E-state index in [2.05, 4.69) is 27.9 Å². The molecule has 6 heteroatoms. The fourth-order valence-electron chi connectivity index (χ4n) is 1.29. The Morgan fingerprint density at radius 3 is 2.83 bits per heavy atom. The summed E-state index contributed by atoms with van der Waals surface area (Å²) in [4.78, 5) is 9.37. The third-order valence-electron chi connectivity index (χ3n) is 2.27. The van der Waals surface area contributed by atoms with Gasteiger partial charge < -0.3 is 11.1 Å². The van der Waals surface area contributed by atoms with Gasteiger partial charge in [0.25, 0.3) is 0 Å². The third-order valence-corrected chi connectivity index (χ3v) is 3.61. The van der Waals surface area contributed by atoms with Gasteiger partial charge in [0.2, 0.25) is 0 Å². The van der Waals surface area contributed by atoms with E-state index in [1.54, 1.807) is 6.92 Å². The van der Waals surface area contributed by atoms with Crippen molar-refractivity contribution in [3.8, 4) is 0 Å². The Labute approximate surface area is 115 Å². The highest BCUT2D eigenvalue weighted by atomic mass is 32.1. The van der Waals surface area contributed by atoms with E-state index >= 15 is 0 Å². The summed E-state index contributed by atoms with van der Waals surface area (Å²) in [5.74, 6) is 0.774. The molecule has 2 aromatic heterocycles. The predicted octanol–water partition coefficient (Wildman–Crippen LogP) is 3.17. The van der Waals surface area contributed by atoms with Crippen LogP contribution in [0.1, 0.15) is 18.2 Å². The lowest BCUT2D eigenvalue weighted by atomic mass is 10.3. The monoisotopic (exact) mass is 278 g/mol. The summed E-state index contributed by atoms with van der Waals surface area (Å²) >= 11 is 5.82. The van der Waals surface area contributed by atoms with Crippen LogP contribution in [-0.2, 0) is 0 Å². The van der Waals surface area contributed by atoms with Gasteiger partial charge in [0, 0.05) is 22.2 Å². The van der Waals surface area contributed by atoms with Crippen LogP contribution < -0.4 is 11.1 Å². The van der Waals surface area contributed by atoms with E-state index in [-0.39, 0.29) is 0 Å². The zero-order valence-electron chi connectivity index (χ0n) is 10.1. The summed E-state index contributed by atoms with van der Waals surface area (Å²) in [5, 5.41) is 5.83. The largest absolute Gasteiger partial charge is 0.401 e. The van der Waals surface area contributed by atoms with Crippen molar-refractivity contribution >= 4 is 39.8 Å². The lowest BCUT2D eigenvalue weighted by molar-refractivity contribution is 1.24. The highest BCUT2D eigenvalue weighted by Gasteiger charge is 2.06. The van der Waals surface area contributed by atoms with Crippen LogP contribution in [-0.4, -0.2) is 9.97 Å². The quantitative estimate of drug-likeness (QED) is 0.755.